The van der Waals surface area contributed by atoms with Gasteiger partial charge in [0.1, 0.15) is 10.6 Å². The Balaban J connectivity index is 1.84. The molecule has 0 spiro atoms. The second-order valence-electron chi connectivity index (χ2n) is 5.91. The number of sulfonamides is 1. The van der Waals surface area contributed by atoms with Crippen molar-refractivity contribution < 1.29 is 27.8 Å². The maximum absolute atomic E-state index is 12.8. The Morgan fingerprint density at radius 2 is 1.96 bits per heavy atom. The lowest BCUT2D eigenvalue weighted by Crippen LogP contribution is -2.29. The molecule has 0 saturated carbocycles. The van der Waals surface area contributed by atoms with Crippen molar-refractivity contribution >= 4 is 37.4 Å². The van der Waals surface area contributed by atoms with Crippen LogP contribution in [0.25, 0.3) is 10.1 Å². The minimum atomic E-state index is -4.05. The van der Waals surface area contributed by atoms with Crippen molar-refractivity contribution in [1.29, 1.82) is 0 Å². The van der Waals surface area contributed by atoms with Gasteiger partial charge in [-0.15, -0.1) is 11.3 Å². The second-order valence-corrected chi connectivity index (χ2v) is 8.56. The van der Waals surface area contributed by atoms with Gasteiger partial charge < -0.3 is 14.6 Å². The van der Waals surface area contributed by atoms with Gasteiger partial charge in [0.2, 0.25) is 10.0 Å². The molecule has 1 heterocycles. The fourth-order valence-corrected chi connectivity index (χ4v) is 5.00. The molecule has 7 nitrogen and oxygen atoms in total. The summed E-state index contributed by atoms with van der Waals surface area (Å²) in [7, 11) is -1.51. The van der Waals surface area contributed by atoms with Crippen LogP contribution in [0.2, 0.25) is 0 Å². The van der Waals surface area contributed by atoms with Crippen LogP contribution in [0.3, 0.4) is 0 Å². The first-order valence-corrected chi connectivity index (χ1v) is 10.6. The third kappa shape index (κ3) is 4.02. The molecule has 0 bridgehead atoms. The van der Waals surface area contributed by atoms with E-state index in [1.54, 1.807) is 0 Å². The predicted octanol–water partition coefficient (Wildman–Crippen LogP) is 2.71. The summed E-state index contributed by atoms with van der Waals surface area (Å²) in [5.74, 6) is -0.584. The van der Waals surface area contributed by atoms with E-state index in [1.807, 2.05) is 29.6 Å². The number of ether oxygens (including phenoxy) is 2. The number of esters is 1. The van der Waals surface area contributed by atoms with Gasteiger partial charge in [-0.3, -0.25) is 0 Å². The number of carbonyl (C=O) groups is 1. The Labute approximate surface area is 166 Å². The SMILES string of the molecule is COC(=O)c1ccc(OC)c(S(=O)(=O)NC[C@@H](O)c2csc3ccccc23)c1. The number of aliphatic hydroxyl groups excluding tert-OH is 1. The zero-order chi connectivity index (χ0) is 20.3. The van der Waals surface area contributed by atoms with E-state index in [4.69, 9.17) is 4.74 Å². The summed E-state index contributed by atoms with van der Waals surface area (Å²) in [5, 5.41) is 13.2. The van der Waals surface area contributed by atoms with Crippen LogP contribution in [0, 0.1) is 0 Å². The molecular weight excluding hydrogens is 402 g/mol. The van der Waals surface area contributed by atoms with Gasteiger partial charge in [-0.25, -0.2) is 17.9 Å². The van der Waals surface area contributed by atoms with Crippen LogP contribution in [0.15, 0.2) is 52.7 Å². The largest absolute Gasteiger partial charge is 0.495 e. The summed E-state index contributed by atoms with van der Waals surface area (Å²) in [6, 6.07) is 11.5. The van der Waals surface area contributed by atoms with Gasteiger partial charge in [0, 0.05) is 16.8 Å². The molecule has 0 aliphatic carbocycles. The summed E-state index contributed by atoms with van der Waals surface area (Å²) in [4.78, 5) is 11.5. The number of hydrogen-bond acceptors (Lipinski definition) is 7. The average Bonchev–Trinajstić information content (AvgIpc) is 3.15. The van der Waals surface area contributed by atoms with Crippen molar-refractivity contribution in [3.05, 3.63) is 59.0 Å². The zero-order valence-corrected chi connectivity index (χ0v) is 16.8. The van der Waals surface area contributed by atoms with Gasteiger partial charge >= 0.3 is 5.97 Å². The van der Waals surface area contributed by atoms with E-state index in [9.17, 15) is 18.3 Å². The topological polar surface area (TPSA) is 102 Å². The molecule has 3 rings (SSSR count). The molecule has 9 heteroatoms. The van der Waals surface area contributed by atoms with Gasteiger partial charge in [-0.2, -0.15) is 0 Å². The van der Waals surface area contributed by atoms with E-state index in [0.29, 0.717) is 5.56 Å². The van der Waals surface area contributed by atoms with Crippen molar-refractivity contribution in [1.82, 2.24) is 4.72 Å². The first-order valence-electron chi connectivity index (χ1n) is 8.27. The molecule has 28 heavy (non-hydrogen) atoms. The standard InChI is InChI=1S/C19H19NO6S2/c1-25-16-8-7-12(19(22)26-2)9-18(16)28(23,24)20-10-15(21)14-11-27-17-6-4-3-5-13(14)17/h3-9,11,15,20-21H,10H2,1-2H3/t15-/m1/s1. The van der Waals surface area contributed by atoms with Crippen molar-refractivity contribution in [3.8, 4) is 5.75 Å². The molecule has 3 aromatic rings. The molecule has 0 radical (unpaired) electrons. The molecule has 148 valence electrons. The molecule has 1 aromatic heterocycles. The first kappa shape index (κ1) is 20.3. The molecule has 0 aliphatic heterocycles. The second kappa shape index (κ2) is 8.27. The Morgan fingerprint density at radius 1 is 1.21 bits per heavy atom. The smallest absolute Gasteiger partial charge is 0.337 e. The minimum absolute atomic E-state index is 0.0769. The lowest BCUT2D eigenvalue weighted by Gasteiger charge is -2.14. The Kier molecular flexibility index (Phi) is 5.99. The monoisotopic (exact) mass is 421 g/mol. The van der Waals surface area contributed by atoms with Gasteiger partial charge in [-0.05, 0) is 35.0 Å². The summed E-state index contributed by atoms with van der Waals surface area (Å²) < 4.78 is 38.6. The molecule has 2 N–H and O–H groups in total. The number of rotatable bonds is 7. The van der Waals surface area contributed by atoms with Crippen LogP contribution in [0.4, 0.5) is 0 Å². The van der Waals surface area contributed by atoms with E-state index in [1.165, 1.54) is 43.8 Å². The molecule has 1 atom stereocenters. The Morgan fingerprint density at radius 3 is 2.68 bits per heavy atom. The fraction of sp³-hybridized carbons (Fsp3) is 0.211. The molecule has 2 aromatic carbocycles. The van der Waals surface area contributed by atoms with Crippen LogP contribution in [-0.4, -0.2) is 40.3 Å². The van der Waals surface area contributed by atoms with E-state index >= 15 is 0 Å². The number of thiophene rings is 1. The van der Waals surface area contributed by atoms with Crippen LogP contribution in [0.5, 0.6) is 5.75 Å². The number of aliphatic hydroxyl groups is 1. The molecule has 0 amide bonds. The summed E-state index contributed by atoms with van der Waals surface area (Å²) in [6.45, 7) is -0.228. The number of hydrogen-bond donors (Lipinski definition) is 2. The molecule has 0 aliphatic rings. The van der Waals surface area contributed by atoms with Crippen molar-refractivity contribution in [3.63, 3.8) is 0 Å². The normalized spacial score (nSPS) is 12.7. The average molecular weight is 421 g/mol. The number of carbonyl (C=O) groups excluding carboxylic acids is 1. The third-order valence-corrected chi connectivity index (χ3v) is 6.64. The maximum atomic E-state index is 12.8. The highest BCUT2D eigenvalue weighted by Gasteiger charge is 2.24. The van der Waals surface area contributed by atoms with Crippen molar-refractivity contribution in [2.24, 2.45) is 0 Å². The molecular formula is C19H19NO6S2. The van der Waals surface area contributed by atoms with Crippen LogP contribution < -0.4 is 9.46 Å². The van der Waals surface area contributed by atoms with E-state index < -0.39 is 22.1 Å². The molecule has 0 unspecified atom stereocenters. The van der Waals surface area contributed by atoms with Gasteiger partial charge in [-0.1, -0.05) is 18.2 Å². The third-order valence-electron chi connectivity index (χ3n) is 4.21. The van der Waals surface area contributed by atoms with E-state index in [0.717, 1.165) is 10.1 Å². The highest BCUT2D eigenvalue weighted by Crippen LogP contribution is 2.30. The fourth-order valence-electron chi connectivity index (χ4n) is 2.76. The van der Waals surface area contributed by atoms with Crippen LogP contribution in [0.1, 0.15) is 22.0 Å². The Hall–Kier alpha value is -2.46. The number of benzene rings is 2. The summed E-state index contributed by atoms with van der Waals surface area (Å²) in [6.07, 6.45) is -1.03. The number of methoxy groups -OCH3 is 2. The van der Waals surface area contributed by atoms with E-state index in [2.05, 4.69) is 9.46 Å². The van der Waals surface area contributed by atoms with Crippen LogP contribution >= 0.6 is 11.3 Å². The van der Waals surface area contributed by atoms with Crippen molar-refractivity contribution in [2.45, 2.75) is 11.0 Å². The maximum Gasteiger partial charge on any atom is 0.337 e. The number of fused-ring (bicyclic) bond motifs is 1. The van der Waals surface area contributed by atoms with Crippen molar-refractivity contribution in [2.75, 3.05) is 20.8 Å². The quantitative estimate of drug-likeness (QED) is 0.569. The minimum Gasteiger partial charge on any atom is -0.495 e. The van der Waals surface area contributed by atoms with Gasteiger partial charge in [0.05, 0.1) is 25.9 Å². The first-order chi connectivity index (χ1) is 13.4. The highest BCUT2D eigenvalue weighted by atomic mass is 32.2. The number of nitrogens with one attached hydrogen (secondary N) is 1. The Bertz CT molecular complexity index is 1110. The lowest BCUT2D eigenvalue weighted by molar-refractivity contribution is 0.0600. The summed E-state index contributed by atoms with van der Waals surface area (Å²) in [5.41, 5.74) is 0.728. The zero-order valence-electron chi connectivity index (χ0n) is 15.2. The van der Waals surface area contributed by atoms with Gasteiger partial charge in [0.15, 0.2) is 0 Å². The van der Waals surface area contributed by atoms with Crippen LogP contribution in [-0.2, 0) is 14.8 Å². The summed E-state index contributed by atoms with van der Waals surface area (Å²) >= 11 is 1.48. The molecule has 0 saturated heterocycles. The van der Waals surface area contributed by atoms with Gasteiger partial charge in [0.25, 0.3) is 0 Å². The lowest BCUT2D eigenvalue weighted by atomic mass is 10.1. The molecule has 0 fully saturated rings. The highest BCUT2D eigenvalue weighted by molar-refractivity contribution is 7.89. The van der Waals surface area contributed by atoms with E-state index in [-0.39, 0.29) is 22.8 Å². The predicted molar refractivity (Wildman–Crippen MR) is 106 cm³/mol.